The number of nitrogens with one attached hydrogen (secondary N) is 1. The summed E-state index contributed by atoms with van der Waals surface area (Å²) in [5.41, 5.74) is 0.494. The number of carbonyl (C=O) groups excluding carboxylic acids is 2. The van der Waals surface area contributed by atoms with Gasteiger partial charge in [-0.2, -0.15) is 0 Å². The van der Waals surface area contributed by atoms with Gasteiger partial charge in [0.2, 0.25) is 11.8 Å². The van der Waals surface area contributed by atoms with Gasteiger partial charge in [0.1, 0.15) is 6.04 Å². The molecule has 6 nitrogen and oxygen atoms in total. The number of hydrogen-bond donors (Lipinski definition) is 1. The van der Waals surface area contributed by atoms with Crippen molar-refractivity contribution < 1.29 is 19.1 Å². The highest BCUT2D eigenvalue weighted by Crippen LogP contribution is 2.27. The number of ether oxygens (including phenoxy) is 2. The van der Waals surface area contributed by atoms with Gasteiger partial charge in [-0.3, -0.25) is 9.59 Å². The second-order valence-corrected chi connectivity index (χ2v) is 8.02. The molecule has 2 fully saturated rings. The third-order valence-electron chi connectivity index (χ3n) is 5.10. The van der Waals surface area contributed by atoms with E-state index in [0.29, 0.717) is 41.9 Å². The van der Waals surface area contributed by atoms with Crippen molar-refractivity contribution >= 4 is 40.7 Å². The Hall–Kier alpha value is -1.34. The van der Waals surface area contributed by atoms with Gasteiger partial charge in [0.15, 0.2) is 0 Å². The van der Waals surface area contributed by atoms with Crippen LogP contribution in [0, 0.1) is 0 Å². The Balaban J connectivity index is 1.51. The van der Waals surface area contributed by atoms with Crippen LogP contribution in [-0.2, 0) is 19.1 Å². The second-order valence-electron chi connectivity index (χ2n) is 7.17. The number of carbonyl (C=O) groups is 2. The Kier molecular flexibility index (Phi) is 7.97. The van der Waals surface area contributed by atoms with Crippen molar-refractivity contribution in [1.82, 2.24) is 4.90 Å². The number of piperidine rings is 1. The lowest BCUT2D eigenvalue weighted by atomic mass is 10.0. The SMILES string of the molecule is O=C(Nc1ccc(Cl)cc1Cl)C1CCCCN1C(=O)CCOCC1CCCO1. The minimum Gasteiger partial charge on any atom is -0.378 e. The highest BCUT2D eigenvalue weighted by Gasteiger charge is 2.32. The Bertz CT molecular complexity index is 695. The molecule has 0 spiro atoms. The molecule has 8 heteroatoms. The lowest BCUT2D eigenvalue weighted by molar-refractivity contribution is -0.141. The van der Waals surface area contributed by atoms with Crippen LogP contribution in [0.4, 0.5) is 5.69 Å². The molecule has 2 saturated heterocycles. The Morgan fingerprint density at radius 2 is 2.07 bits per heavy atom. The van der Waals surface area contributed by atoms with Crippen LogP contribution < -0.4 is 5.32 Å². The largest absolute Gasteiger partial charge is 0.378 e. The first-order valence-corrected chi connectivity index (χ1v) is 10.5. The number of nitrogens with zero attached hydrogens (tertiary/aromatic N) is 1. The van der Waals surface area contributed by atoms with E-state index in [1.165, 1.54) is 0 Å². The fourth-order valence-corrected chi connectivity index (χ4v) is 4.06. The van der Waals surface area contributed by atoms with Crippen molar-refractivity contribution in [2.75, 3.05) is 31.7 Å². The summed E-state index contributed by atoms with van der Waals surface area (Å²) in [4.78, 5) is 27.1. The minimum atomic E-state index is -0.494. The molecule has 2 aliphatic rings. The van der Waals surface area contributed by atoms with Crippen LogP contribution in [0.25, 0.3) is 0 Å². The number of amides is 2. The van der Waals surface area contributed by atoms with E-state index in [9.17, 15) is 9.59 Å². The van der Waals surface area contributed by atoms with E-state index in [1.54, 1.807) is 23.1 Å². The molecule has 2 amide bonds. The molecule has 3 rings (SSSR count). The predicted molar refractivity (Wildman–Crippen MR) is 109 cm³/mol. The molecule has 0 bridgehead atoms. The van der Waals surface area contributed by atoms with Crippen LogP contribution >= 0.6 is 23.2 Å². The summed E-state index contributed by atoms with van der Waals surface area (Å²) in [6.45, 7) is 2.23. The third-order valence-corrected chi connectivity index (χ3v) is 5.65. The molecule has 0 aromatic heterocycles. The maximum absolute atomic E-state index is 12.8. The zero-order chi connectivity index (χ0) is 19.9. The van der Waals surface area contributed by atoms with Crippen LogP contribution in [0.5, 0.6) is 0 Å². The predicted octanol–water partition coefficient (Wildman–Crippen LogP) is 3.90. The average Bonchev–Trinajstić information content (AvgIpc) is 3.21. The second kappa shape index (κ2) is 10.4. The summed E-state index contributed by atoms with van der Waals surface area (Å²) in [7, 11) is 0. The highest BCUT2D eigenvalue weighted by atomic mass is 35.5. The van der Waals surface area contributed by atoms with E-state index < -0.39 is 6.04 Å². The lowest BCUT2D eigenvalue weighted by Crippen LogP contribution is -2.50. The standard InChI is InChI=1S/C20H26Cl2N2O4/c21-14-6-7-17(16(22)12-14)23-20(26)18-5-1-2-9-24(18)19(25)8-11-27-13-15-4-3-10-28-15/h6-7,12,15,18H,1-5,8-11,13H2,(H,23,26). The maximum Gasteiger partial charge on any atom is 0.247 e. The molecule has 1 aromatic carbocycles. The number of benzene rings is 1. The van der Waals surface area contributed by atoms with Crippen LogP contribution in [0.1, 0.15) is 38.5 Å². The summed E-state index contributed by atoms with van der Waals surface area (Å²) in [5, 5.41) is 3.70. The Labute approximate surface area is 175 Å². The van der Waals surface area contributed by atoms with E-state index in [0.717, 1.165) is 32.3 Å². The molecule has 2 unspecified atom stereocenters. The Morgan fingerprint density at radius 3 is 2.82 bits per heavy atom. The van der Waals surface area contributed by atoms with Crippen molar-refractivity contribution in [2.45, 2.75) is 50.7 Å². The average molecular weight is 429 g/mol. The minimum absolute atomic E-state index is 0.0607. The number of hydrogen-bond acceptors (Lipinski definition) is 4. The van der Waals surface area contributed by atoms with Crippen LogP contribution in [0.15, 0.2) is 18.2 Å². The van der Waals surface area contributed by atoms with Crippen molar-refractivity contribution in [3.8, 4) is 0 Å². The third kappa shape index (κ3) is 5.83. The van der Waals surface area contributed by atoms with E-state index >= 15 is 0 Å². The maximum atomic E-state index is 12.8. The van der Waals surface area contributed by atoms with Gasteiger partial charge in [-0.15, -0.1) is 0 Å². The lowest BCUT2D eigenvalue weighted by Gasteiger charge is -2.35. The number of rotatable bonds is 7. The van der Waals surface area contributed by atoms with Gasteiger partial charge in [0.05, 0.1) is 36.4 Å². The molecule has 2 heterocycles. The quantitative estimate of drug-likeness (QED) is 0.668. The van der Waals surface area contributed by atoms with Crippen LogP contribution in [0.2, 0.25) is 10.0 Å². The molecule has 154 valence electrons. The zero-order valence-electron chi connectivity index (χ0n) is 15.8. The number of likely N-dealkylation sites (tertiary alicyclic amines) is 1. The van der Waals surface area contributed by atoms with E-state index in [4.69, 9.17) is 32.7 Å². The van der Waals surface area contributed by atoms with Crippen molar-refractivity contribution in [3.63, 3.8) is 0 Å². The van der Waals surface area contributed by atoms with Gasteiger partial charge in [-0.1, -0.05) is 23.2 Å². The first kappa shape index (κ1) is 21.4. The van der Waals surface area contributed by atoms with Crippen LogP contribution in [0.3, 0.4) is 0 Å². The number of halogens is 2. The summed E-state index contributed by atoms with van der Waals surface area (Å²) >= 11 is 12.0. The summed E-state index contributed by atoms with van der Waals surface area (Å²) in [6, 6.07) is 4.41. The molecule has 0 aliphatic carbocycles. The molecular weight excluding hydrogens is 403 g/mol. The van der Waals surface area contributed by atoms with E-state index in [1.807, 2.05) is 0 Å². The summed E-state index contributed by atoms with van der Waals surface area (Å²) in [5.74, 6) is -0.285. The summed E-state index contributed by atoms with van der Waals surface area (Å²) in [6.07, 6.45) is 4.93. The highest BCUT2D eigenvalue weighted by molar-refractivity contribution is 6.36. The van der Waals surface area contributed by atoms with Crippen molar-refractivity contribution in [1.29, 1.82) is 0 Å². The zero-order valence-corrected chi connectivity index (χ0v) is 17.3. The molecule has 0 radical (unpaired) electrons. The topological polar surface area (TPSA) is 67.9 Å². The molecule has 1 aromatic rings. The van der Waals surface area contributed by atoms with Crippen LogP contribution in [-0.4, -0.2) is 55.2 Å². The monoisotopic (exact) mass is 428 g/mol. The van der Waals surface area contributed by atoms with Gasteiger partial charge in [-0.25, -0.2) is 0 Å². The summed E-state index contributed by atoms with van der Waals surface area (Å²) < 4.78 is 11.1. The van der Waals surface area contributed by atoms with Gasteiger partial charge in [-0.05, 0) is 50.3 Å². The van der Waals surface area contributed by atoms with E-state index in [2.05, 4.69) is 5.32 Å². The first-order chi connectivity index (χ1) is 13.5. The van der Waals surface area contributed by atoms with Gasteiger partial charge < -0.3 is 19.7 Å². The molecular formula is C20H26Cl2N2O4. The molecule has 1 N–H and O–H groups in total. The normalized spacial score (nSPS) is 22.3. The van der Waals surface area contributed by atoms with Gasteiger partial charge >= 0.3 is 0 Å². The molecule has 28 heavy (non-hydrogen) atoms. The molecule has 2 atom stereocenters. The van der Waals surface area contributed by atoms with Gasteiger partial charge in [0, 0.05) is 18.2 Å². The number of anilines is 1. The van der Waals surface area contributed by atoms with Crippen molar-refractivity contribution in [2.24, 2.45) is 0 Å². The first-order valence-electron chi connectivity index (χ1n) is 9.79. The fraction of sp³-hybridized carbons (Fsp3) is 0.600. The smallest absolute Gasteiger partial charge is 0.247 e. The Morgan fingerprint density at radius 1 is 1.21 bits per heavy atom. The molecule has 2 aliphatic heterocycles. The van der Waals surface area contributed by atoms with Crippen molar-refractivity contribution in [3.05, 3.63) is 28.2 Å². The fourth-order valence-electron chi connectivity index (χ4n) is 3.60. The van der Waals surface area contributed by atoms with Gasteiger partial charge in [0.25, 0.3) is 0 Å². The van der Waals surface area contributed by atoms with E-state index in [-0.39, 0.29) is 24.3 Å². The molecule has 0 saturated carbocycles.